The first-order chi connectivity index (χ1) is 14.5. The average molecular weight is 406 g/mol. The van der Waals surface area contributed by atoms with Gasteiger partial charge in [-0.3, -0.25) is 19.7 Å². The topological polar surface area (TPSA) is 90.5 Å². The van der Waals surface area contributed by atoms with Crippen molar-refractivity contribution in [2.45, 2.75) is 45.4 Å². The van der Waals surface area contributed by atoms with Crippen LogP contribution in [-0.4, -0.2) is 35.2 Å². The Labute approximate surface area is 175 Å². The van der Waals surface area contributed by atoms with Crippen LogP contribution >= 0.6 is 0 Å². The molecule has 0 aromatic heterocycles. The van der Waals surface area contributed by atoms with Gasteiger partial charge in [-0.1, -0.05) is 24.3 Å². The zero-order valence-electron chi connectivity index (χ0n) is 17.0. The molecule has 7 nitrogen and oxygen atoms in total. The SMILES string of the molecule is CCNc1ccc(CNCc2ccc3c(c2)CN(C2CCC(=O)NC2=O)C3=O)cc1. The van der Waals surface area contributed by atoms with Crippen LogP contribution in [0.5, 0.6) is 0 Å². The second-order valence-corrected chi connectivity index (χ2v) is 7.72. The van der Waals surface area contributed by atoms with Crippen LogP contribution in [-0.2, 0) is 29.2 Å². The highest BCUT2D eigenvalue weighted by molar-refractivity contribution is 6.05. The van der Waals surface area contributed by atoms with Crippen LogP contribution in [0.4, 0.5) is 5.69 Å². The van der Waals surface area contributed by atoms with E-state index in [0.717, 1.165) is 29.9 Å². The van der Waals surface area contributed by atoms with E-state index >= 15 is 0 Å². The van der Waals surface area contributed by atoms with Gasteiger partial charge in [0.05, 0.1) is 0 Å². The van der Waals surface area contributed by atoms with E-state index in [2.05, 4.69) is 47.1 Å². The fourth-order valence-electron chi connectivity index (χ4n) is 4.03. The second kappa shape index (κ2) is 8.67. The molecule has 3 N–H and O–H groups in total. The standard InChI is InChI=1S/C23H26N4O3/c1-2-25-18-6-3-15(4-7-18)12-24-13-16-5-8-19-17(11-16)14-27(23(19)30)20-9-10-21(28)26-22(20)29/h3-8,11,20,24-25H,2,9-10,12-14H2,1H3,(H,26,28,29). The predicted molar refractivity (Wildman–Crippen MR) is 114 cm³/mol. The summed E-state index contributed by atoms with van der Waals surface area (Å²) in [6, 6.07) is 13.6. The highest BCUT2D eigenvalue weighted by atomic mass is 16.2. The number of fused-ring (bicyclic) bond motifs is 1. The summed E-state index contributed by atoms with van der Waals surface area (Å²) in [5, 5.41) is 9.05. The lowest BCUT2D eigenvalue weighted by Crippen LogP contribution is -2.52. The maximum Gasteiger partial charge on any atom is 0.255 e. The van der Waals surface area contributed by atoms with Gasteiger partial charge in [-0.15, -0.1) is 0 Å². The molecule has 2 aliphatic rings. The van der Waals surface area contributed by atoms with Crippen molar-refractivity contribution in [2.24, 2.45) is 0 Å². The maximum absolute atomic E-state index is 12.7. The minimum Gasteiger partial charge on any atom is -0.385 e. The summed E-state index contributed by atoms with van der Waals surface area (Å²) < 4.78 is 0. The fraction of sp³-hybridized carbons (Fsp3) is 0.348. The summed E-state index contributed by atoms with van der Waals surface area (Å²) >= 11 is 0. The monoisotopic (exact) mass is 406 g/mol. The Balaban J connectivity index is 1.35. The molecule has 0 radical (unpaired) electrons. The number of carbonyl (C=O) groups is 3. The molecule has 1 saturated heterocycles. The lowest BCUT2D eigenvalue weighted by Gasteiger charge is -2.29. The number of piperidine rings is 1. The molecule has 2 aliphatic heterocycles. The van der Waals surface area contributed by atoms with Crippen molar-refractivity contribution >= 4 is 23.4 Å². The highest BCUT2D eigenvalue weighted by Crippen LogP contribution is 2.28. The van der Waals surface area contributed by atoms with Crippen molar-refractivity contribution in [1.29, 1.82) is 0 Å². The third-order valence-corrected chi connectivity index (χ3v) is 5.58. The van der Waals surface area contributed by atoms with Gasteiger partial charge in [-0.25, -0.2) is 0 Å². The van der Waals surface area contributed by atoms with Gasteiger partial charge >= 0.3 is 0 Å². The molecule has 1 atom stereocenters. The molecule has 30 heavy (non-hydrogen) atoms. The van der Waals surface area contributed by atoms with E-state index in [1.54, 1.807) is 4.90 Å². The molecule has 0 bridgehead atoms. The summed E-state index contributed by atoms with van der Waals surface area (Å²) in [4.78, 5) is 37.9. The summed E-state index contributed by atoms with van der Waals surface area (Å²) in [5.74, 6) is -0.792. The number of hydrogen-bond donors (Lipinski definition) is 3. The van der Waals surface area contributed by atoms with Gasteiger partial charge in [0, 0.05) is 43.9 Å². The van der Waals surface area contributed by atoms with E-state index in [9.17, 15) is 14.4 Å². The Kier molecular flexibility index (Phi) is 5.81. The number of nitrogens with one attached hydrogen (secondary N) is 3. The van der Waals surface area contributed by atoms with Crippen molar-refractivity contribution in [3.63, 3.8) is 0 Å². The summed E-state index contributed by atoms with van der Waals surface area (Å²) in [5.41, 5.74) is 4.99. The number of imide groups is 1. The third kappa shape index (κ3) is 4.21. The van der Waals surface area contributed by atoms with Crippen molar-refractivity contribution in [3.05, 3.63) is 64.7 Å². The van der Waals surface area contributed by atoms with E-state index in [1.807, 2.05) is 18.2 Å². The van der Waals surface area contributed by atoms with E-state index in [0.29, 0.717) is 25.1 Å². The molecular weight excluding hydrogens is 380 g/mol. The minimum atomic E-state index is -0.575. The van der Waals surface area contributed by atoms with Crippen molar-refractivity contribution < 1.29 is 14.4 Å². The van der Waals surface area contributed by atoms with Gasteiger partial charge in [0.25, 0.3) is 5.91 Å². The molecule has 0 saturated carbocycles. The van der Waals surface area contributed by atoms with E-state index in [1.165, 1.54) is 5.56 Å². The molecule has 1 unspecified atom stereocenters. The summed E-state index contributed by atoms with van der Waals surface area (Å²) in [6.07, 6.45) is 0.645. The zero-order valence-corrected chi connectivity index (χ0v) is 17.0. The van der Waals surface area contributed by atoms with Gasteiger partial charge in [-0.05, 0) is 48.2 Å². The lowest BCUT2D eigenvalue weighted by molar-refractivity contribution is -0.136. The number of carbonyl (C=O) groups excluding carboxylic acids is 3. The van der Waals surface area contributed by atoms with Gasteiger partial charge in [0.1, 0.15) is 6.04 Å². The number of rotatable bonds is 7. The Hall–Kier alpha value is -3.19. The van der Waals surface area contributed by atoms with Crippen LogP contribution in [0.3, 0.4) is 0 Å². The maximum atomic E-state index is 12.7. The first-order valence-corrected chi connectivity index (χ1v) is 10.3. The molecule has 2 heterocycles. The van der Waals surface area contributed by atoms with Gasteiger partial charge in [-0.2, -0.15) is 0 Å². The van der Waals surface area contributed by atoms with E-state index < -0.39 is 6.04 Å². The smallest absolute Gasteiger partial charge is 0.255 e. The van der Waals surface area contributed by atoms with E-state index in [4.69, 9.17) is 0 Å². The van der Waals surface area contributed by atoms with Crippen LogP contribution in [0.15, 0.2) is 42.5 Å². The molecule has 4 rings (SSSR count). The molecule has 2 aromatic carbocycles. The van der Waals surface area contributed by atoms with Crippen molar-refractivity contribution in [1.82, 2.24) is 15.5 Å². The Morgan fingerprint density at radius 1 is 1.03 bits per heavy atom. The van der Waals surface area contributed by atoms with Gasteiger partial charge in [0.15, 0.2) is 0 Å². The molecule has 0 spiro atoms. The largest absolute Gasteiger partial charge is 0.385 e. The average Bonchev–Trinajstić information content (AvgIpc) is 3.05. The fourth-order valence-corrected chi connectivity index (χ4v) is 4.03. The Bertz CT molecular complexity index is 971. The normalized spacial score (nSPS) is 18.4. The van der Waals surface area contributed by atoms with Crippen molar-refractivity contribution in [2.75, 3.05) is 11.9 Å². The quantitative estimate of drug-likeness (QED) is 0.613. The lowest BCUT2D eigenvalue weighted by atomic mass is 10.0. The Morgan fingerprint density at radius 2 is 1.77 bits per heavy atom. The number of anilines is 1. The Morgan fingerprint density at radius 3 is 2.50 bits per heavy atom. The minimum absolute atomic E-state index is 0.139. The number of benzene rings is 2. The highest BCUT2D eigenvalue weighted by Gasteiger charge is 2.38. The van der Waals surface area contributed by atoms with Gasteiger partial charge in [0.2, 0.25) is 11.8 Å². The molecule has 2 aromatic rings. The van der Waals surface area contributed by atoms with Crippen LogP contribution in [0.25, 0.3) is 0 Å². The molecule has 3 amide bonds. The van der Waals surface area contributed by atoms with Crippen molar-refractivity contribution in [3.8, 4) is 0 Å². The number of hydrogen-bond acceptors (Lipinski definition) is 5. The first kappa shape index (κ1) is 20.1. The van der Waals surface area contributed by atoms with Gasteiger partial charge < -0.3 is 15.5 Å². The molecule has 0 aliphatic carbocycles. The first-order valence-electron chi connectivity index (χ1n) is 10.3. The molecule has 7 heteroatoms. The number of nitrogens with zero attached hydrogens (tertiary/aromatic N) is 1. The van der Waals surface area contributed by atoms with Crippen LogP contribution in [0.2, 0.25) is 0 Å². The van der Waals surface area contributed by atoms with E-state index in [-0.39, 0.29) is 24.1 Å². The summed E-state index contributed by atoms with van der Waals surface area (Å²) in [6.45, 7) is 4.82. The third-order valence-electron chi connectivity index (χ3n) is 5.58. The summed E-state index contributed by atoms with van der Waals surface area (Å²) in [7, 11) is 0. The number of amides is 3. The van der Waals surface area contributed by atoms with Crippen LogP contribution < -0.4 is 16.0 Å². The van der Waals surface area contributed by atoms with Crippen LogP contribution in [0.1, 0.15) is 46.8 Å². The predicted octanol–water partition coefficient (Wildman–Crippen LogP) is 2.17. The molecule has 156 valence electrons. The second-order valence-electron chi connectivity index (χ2n) is 7.72. The molecule has 1 fully saturated rings. The zero-order chi connectivity index (χ0) is 21.1. The molecular formula is C23H26N4O3. The van der Waals surface area contributed by atoms with Crippen LogP contribution in [0, 0.1) is 0 Å².